The second-order valence-corrected chi connectivity index (χ2v) is 6.36. The summed E-state index contributed by atoms with van der Waals surface area (Å²) in [5.74, 6) is -0.628. The minimum atomic E-state index is -0.243. The summed E-state index contributed by atoms with van der Waals surface area (Å²) in [7, 11) is 0. The fraction of sp³-hybridized carbons (Fsp3) is 0.250. The third kappa shape index (κ3) is 4.25. The molecule has 2 N–H and O–H groups in total. The van der Waals surface area contributed by atoms with Crippen LogP contribution < -0.4 is 5.32 Å². The molecule has 0 spiro atoms. The Bertz CT molecular complexity index is 873. The highest BCUT2D eigenvalue weighted by Crippen LogP contribution is 2.19. The van der Waals surface area contributed by atoms with Crippen molar-refractivity contribution in [3.8, 4) is 5.75 Å². The Morgan fingerprint density at radius 1 is 0.889 bits per heavy atom. The van der Waals surface area contributed by atoms with E-state index < -0.39 is 0 Å². The van der Waals surface area contributed by atoms with Crippen LogP contribution in [-0.4, -0.2) is 58.8 Å². The van der Waals surface area contributed by atoms with E-state index in [0.29, 0.717) is 37.4 Å². The monoisotopic (exact) mass is 367 g/mol. The summed E-state index contributed by atoms with van der Waals surface area (Å²) in [5, 5.41) is 12.5. The third-order valence-corrected chi connectivity index (χ3v) is 4.42. The van der Waals surface area contributed by atoms with Crippen LogP contribution in [0.15, 0.2) is 48.5 Å². The predicted molar refractivity (Wildman–Crippen MR) is 101 cm³/mol. The van der Waals surface area contributed by atoms with Crippen molar-refractivity contribution in [2.24, 2.45) is 0 Å². The van der Waals surface area contributed by atoms with Crippen LogP contribution in [0.1, 0.15) is 27.6 Å². The average molecular weight is 367 g/mol. The van der Waals surface area contributed by atoms with E-state index in [1.165, 1.54) is 13.0 Å². The molecule has 1 aliphatic rings. The summed E-state index contributed by atoms with van der Waals surface area (Å²) in [4.78, 5) is 39.7. The Labute approximate surface area is 157 Å². The lowest BCUT2D eigenvalue weighted by Gasteiger charge is -2.35. The van der Waals surface area contributed by atoms with Gasteiger partial charge in [0.05, 0.1) is 5.56 Å². The van der Waals surface area contributed by atoms with Crippen molar-refractivity contribution in [2.75, 3.05) is 31.5 Å². The second kappa shape index (κ2) is 7.90. The van der Waals surface area contributed by atoms with E-state index in [4.69, 9.17) is 0 Å². The van der Waals surface area contributed by atoms with Crippen molar-refractivity contribution >= 4 is 23.4 Å². The van der Waals surface area contributed by atoms with Crippen molar-refractivity contribution < 1.29 is 19.5 Å². The van der Waals surface area contributed by atoms with Crippen molar-refractivity contribution in [3.63, 3.8) is 0 Å². The molecule has 3 rings (SSSR count). The van der Waals surface area contributed by atoms with Gasteiger partial charge in [0.15, 0.2) is 0 Å². The van der Waals surface area contributed by atoms with E-state index in [9.17, 15) is 19.5 Å². The van der Waals surface area contributed by atoms with Crippen LogP contribution in [0.3, 0.4) is 0 Å². The fourth-order valence-electron chi connectivity index (χ4n) is 3.05. The van der Waals surface area contributed by atoms with Crippen LogP contribution in [0.5, 0.6) is 5.75 Å². The smallest absolute Gasteiger partial charge is 0.257 e. The molecular weight excluding hydrogens is 346 g/mol. The molecule has 0 aliphatic carbocycles. The number of aromatic hydroxyl groups is 1. The van der Waals surface area contributed by atoms with E-state index in [1.54, 1.807) is 52.3 Å². The SMILES string of the molecule is CC(=O)Nc1cccc(C(=O)N2CCN(C(=O)c3ccccc3O)CC2)c1. The number of hydrogen-bond donors (Lipinski definition) is 2. The van der Waals surface area contributed by atoms with Crippen molar-refractivity contribution in [2.45, 2.75) is 6.92 Å². The number of para-hydroxylation sites is 1. The first kappa shape index (κ1) is 18.4. The normalized spacial score (nSPS) is 14.0. The molecular formula is C20H21N3O4. The molecule has 1 heterocycles. The Kier molecular flexibility index (Phi) is 5.40. The third-order valence-electron chi connectivity index (χ3n) is 4.42. The molecule has 0 radical (unpaired) electrons. The number of amides is 3. The Balaban J connectivity index is 1.64. The van der Waals surface area contributed by atoms with E-state index >= 15 is 0 Å². The predicted octanol–water partition coefficient (Wildman–Crippen LogP) is 1.95. The van der Waals surface area contributed by atoms with Gasteiger partial charge in [-0.3, -0.25) is 14.4 Å². The number of carbonyl (C=O) groups excluding carboxylic acids is 3. The van der Waals surface area contributed by atoms with Crippen LogP contribution in [0, 0.1) is 0 Å². The zero-order chi connectivity index (χ0) is 19.4. The van der Waals surface area contributed by atoms with Gasteiger partial charge in [-0.25, -0.2) is 0 Å². The lowest BCUT2D eigenvalue weighted by Crippen LogP contribution is -2.50. The molecule has 0 bridgehead atoms. The molecule has 1 fully saturated rings. The standard InChI is InChI=1S/C20H21N3O4/c1-14(24)21-16-6-4-5-15(13-16)19(26)22-9-11-23(12-10-22)20(27)17-7-2-3-8-18(17)25/h2-8,13,25H,9-12H2,1H3,(H,21,24). The van der Waals surface area contributed by atoms with E-state index in [1.807, 2.05) is 0 Å². The Morgan fingerprint density at radius 2 is 1.52 bits per heavy atom. The first-order valence-electron chi connectivity index (χ1n) is 8.70. The number of nitrogens with zero attached hydrogens (tertiary/aromatic N) is 2. The zero-order valence-corrected chi connectivity index (χ0v) is 15.0. The van der Waals surface area contributed by atoms with Gasteiger partial charge in [0.25, 0.3) is 11.8 Å². The summed E-state index contributed by atoms with van der Waals surface area (Å²) in [6.45, 7) is 3.01. The summed E-state index contributed by atoms with van der Waals surface area (Å²) in [6, 6.07) is 13.2. The van der Waals surface area contributed by atoms with Crippen molar-refractivity contribution in [3.05, 3.63) is 59.7 Å². The van der Waals surface area contributed by atoms with Crippen LogP contribution in [0.4, 0.5) is 5.69 Å². The van der Waals surface area contributed by atoms with E-state index in [-0.39, 0.29) is 29.0 Å². The van der Waals surface area contributed by atoms with Crippen LogP contribution in [0.2, 0.25) is 0 Å². The number of hydrogen-bond acceptors (Lipinski definition) is 4. The maximum absolute atomic E-state index is 12.7. The molecule has 0 atom stereocenters. The molecule has 0 aromatic heterocycles. The molecule has 140 valence electrons. The lowest BCUT2D eigenvalue weighted by atomic mass is 10.1. The second-order valence-electron chi connectivity index (χ2n) is 6.36. The molecule has 0 unspecified atom stereocenters. The van der Waals surface area contributed by atoms with Gasteiger partial charge in [-0.2, -0.15) is 0 Å². The minimum absolute atomic E-state index is 0.0456. The highest BCUT2D eigenvalue weighted by molar-refractivity contribution is 5.98. The van der Waals surface area contributed by atoms with Gasteiger partial charge in [0.1, 0.15) is 5.75 Å². The highest BCUT2D eigenvalue weighted by Gasteiger charge is 2.26. The maximum Gasteiger partial charge on any atom is 0.257 e. The number of benzene rings is 2. The molecule has 0 saturated carbocycles. The largest absolute Gasteiger partial charge is 0.507 e. The highest BCUT2D eigenvalue weighted by atomic mass is 16.3. The van der Waals surface area contributed by atoms with E-state index in [0.717, 1.165) is 0 Å². The number of phenols is 1. The number of rotatable bonds is 3. The van der Waals surface area contributed by atoms with Gasteiger partial charge in [-0.1, -0.05) is 18.2 Å². The van der Waals surface area contributed by atoms with Gasteiger partial charge in [-0.05, 0) is 30.3 Å². The van der Waals surface area contributed by atoms with Crippen LogP contribution in [0.25, 0.3) is 0 Å². The van der Waals surface area contributed by atoms with Crippen LogP contribution in [-0.2, 0) is 4.79 Å². The summed E-state index contributed by atoms with van der Waals surface area (Å²) in [5.41, 5.74) is 1.32. The first-order valence-corrected chi connectivity index (χ1v) is 8.70. The number of piperazine rings is 1. The van der Waals surface area contributed by atoms with Gasteiger partial charge < -0.3 is 20.2 Å². The molecule has 1 saturated heterocycles. The molecule has 27 heavy (non-hydrogen) atoms. The number of nitrogens with one attached hydrogen (secondary N) is 1. The lowest BCUT2D eigenvalue weighted by molar-refractivity contribution is -0.114. The zero-order valence-electron chi connectivity index (χ0n) is 15.0. The molecule has 7 heteroatoms. The number of carbonyl (C=O) groups is 3. The number of anilines is 1. The average Bonchev–Trinajstić information content (AvgIpc) is 2.67. The fourth-order valence-corrected chi connectivity index (χ4v) is 3.05. The first-order chi connectivity index (χ1) is 13.0. The maximum atomic E-state index is 12.7. The molecule has 2 aromatic rings. The topological polar surface area (TPSA) is 90.0 Å². The summed E-state index contributed by atoms with van der Waals surface area (Å²) < 4.78 is 0. The summed E-state index contributed by atoms with van der Waals surface area (Å²) >= 11 is 0. The quantitative estimate of drug-likeness (QED) is 0.868. The molecule has 1 aliphatic heterocycles. The minimum Gasteiger partial charge on any atom is -0.507 e. The van der Waals surface area contributed by atoms with Gasteiger partial charge >= 0.3 is 0 Å². The summed E-state index contributed by atoms with van der Waals surface area (Å²) in [6.07, 6.45) is 0. The molecule has 7 nitrogen and oxygen atoms in total. The van der Waals surface area contributed by atoms with Crippen molar-refractivity contribution in [1.82, 2.24) is 9.80 Å². The van der Waals surface area contributed by atoms with Crippen molar-refractivity contribution in [1.29, 1.82) is 0 Å². The Morgan fingerprint density at radius 3 is 2.15 bits per heavy atom. The Hall–Kier alpha value is -3.35. The number of phenolic OH excluding ortho intramolecular Hbond substituents is 1. The molecule has 3 amide bonds. The van der Waals surface area contributed by atoms with Crippen LogP contribution >= 0.6 is 0 Å². The van der Waals surface area contributed by atoms with E-state index in [2.05, 4.69) is 5.32 Å². The van der Waals surface area contributed by atoms with Gasteiger partial charge in [0.2, 0.25) is 5.91 Å². The van der Waals surface area contributed by atoms with Gasteiger partial charge in [0, 0.05) is 44.4 Å². The van der Waals surface area contributed by atoms with Gasteiger partial charge in [-0.15, -0.1) is 0 Å². The molecule has 2 aromatic carbocycles.